The van der Waals surface area contributed by atoms with Crippen LogP contribution in [0.1, 0.15) is 26.7 Å². The monoisotopic (exact) mass is 231 g/mol. The quantitative estimate of drug-likeness (QED) is 0.702. The Kier molecular flexibility index (Phi) is 5.73. The lowest BCUT2D eigenvalue weighted by Gasteiger charge is -2.29. The van der Waals surface area contributed by atoms with Crippen molar-refractivity contribution in [2.75, 3.05) is 19.7 Å². The molecule has 1 saturated heterocycles. The summed E-state index contributed by atoms with van der Waals surface area (Å²) >= 11 is 0. The highest BCUT2D eigenvalue weighted by Gasteiger charge is 2.22. The van der Waals surface area contributed by atoms with Crippen molar-refractivity contribution in [3.8, 4) is 0 Å². The van der Waals surface area contributed by atoms with Crippen molar-refractivity contribution >= 4 is 5.97 Å². The van der Waals surface area contributed by atoms with Gasteiger partial charge >= 0.3 is 5.97 Å². The van der Waals surface area contributed by atoms with Crippen molar-refractivity contribution in [2.45, 2.75) is 45.0 Å². The lowest BCUT2D eigenvalue weighted by atomic mass is 10.2. The van der Waals surface area contributed by atoms with Crippen LogP contribution in [0.15, 0.2) is 0 Å². The first-order chi connectivity index (χ1) is 7.63. The maximum atomic E-state index is 10.8. The van der Waals surface area contributed by atoms with Crippen LogP contribution in [0.4, 0.5) is 0 Å². The second-order valence-corrected chi connectivity index (χ2v) is 4.18. The number of nitrogens with one attached hydrogen (secondary N) is 1. The molecule has 3 atom stereocenters. The molecule has 0 aromatic rings. The highest BCUT2D eigenvalue weighted by molar-refractivity contribution is 5.72. The summed E-state index contributed by atoms with van der Waals surface area (Å²) in [7, 11) is 0. The molecule has 0 aliphatic carbocycles. The lowest BCUT2D eigenvalue weighted by molar-refractivity contribution is -0.155. The fourth-order valence-corrected chi connectivity index (χ4v) is 1.73. The van der Waals surface area contributed by atoms with E-state index < -0.39 is 12.1 Å². The van der Waals surface area contributed by atoms with Crippen LogP contribution in [0.25, 0.3) is 0 Å². The molecule has 3 unspecified atom stereocenters. The fraction of sp³-hybridized carbons (Fsp3) is 0.909. The number of rotatable bonds is 6. The van der Waals surface area contributed by atoms with Crippen molar-refractivity contribution in [2.24, 2.45) is 0 Å². The Hall–Kier alpha value is -0.650. The van der Waals surface area contributed by atoms with Crippen LogP contribution in [0, 0.1) is 0 Å². The standard InChI is InChI=1S/C11H21NO4/c1-3-4-10(11(13)14)15-7-9-6-12-5-8(2)16-9/h8-10,12H,3-7H2,1-2H3,(H,13,14). The van der Waals surface area contributed by atoms with Gasteiger partial charge in [-0.2, -0.15) is 0 Å². The number of aliphatic carboxylic acids is 1. The molecule has 0 spiro atoms. The minimum Gasteiger partial charge on any atom is -0.479 e. The second kappa shape index (κ2) is 6.83. The summed E-state index contributed by atoms with van der Waals surface area (Å²) in [5.41, 5.74) is 0. The summed E-state index contributed by atoms with van der Waals surface area (Å²) < 4.78 is 11.0. The zero-order valence-corrected chi connectivity index (χ0v) is 9.94. The molecule has 2 N–H and O–H groups in total. The number of hydrogen-bond acceptors (Lipinski definition) is 4. The summed E-state index contributed by atoms with van der Waals surface area (Å²) in [6, 6.07) is 0. The number of ether oxygens (including phenoxy) is 2. The van der Waals surface area contributed by atoms with Crippen LogP contribution < -0.4 is 5.32 Å². The molecule has 94 valence electrons. The van der Waals surface area contributed by atoms with E-state index in [4.69, 9.17) is 14.6 Å². The van der Waals surface area contributed by atoms with E-state index in [1.54, 1.807) is 0 Å². The first kappa shape index (κ1) is 13.4. The Labute approximate surface area is 96.1 Å². The normalized spacial score (nSPS) is 27.6. The Morgan fingerprint density at radius 1 is 1.62 bits per heavy atom. The van der Waals surface area contributed by atoms with Crippen LogP contribution in [0.2, 0.25) is 0 Å². The smallest absolute Gasteiger partial charge is 0.332 e. The van der Waals surface area contributed by atoms with Crippen molar-refractivity contribution in [3.63, 3.8) is 0 Å². The van der Waals surface area contributed by atoms with Crippen molar-refractivity contribution < 1.29 is 19.4 Å². The van der Waals surface area contributed by atoms with E-state index in [0.29, 0.717) is 13.0 Å². The SMILES string of the molecule is CCCC(OCC1CNCC(C)O1)C(=O)O. The largest absolute Gasteiger partial charge is 0.479 e. The van der Waals surface area contributed by atoms with E-state index in [0.717, 1.165) is 19.5 Å². The molecule has 5 nitrogen and oxygen atoms in total. The summed E-state index contributed by atoms with van der Waals surface area (Å²) in [4.78, 5) is 10.8. The molecule has 1 aliphatic heterocycles. The molecular formula is C11H21NO4. The molecule has 1 rings (SSSR count). The number of morpholine rings is 1. The molecule has 0 bridgehead atoms. The third kappa shape index (κ3) is 4.47. The van der Waals surface area contributed by atoms with Gasteiger partial charge in [0.25, 0.3) is 0 Å². The second-order valence-electron chi connectivity index (χ2n) is 4.18. The lowest BCUT2D eigenvalue weighted by Crippen LogP contribution is -2.46. The van der Waals surface area contributed by atoms with E-state index in [9.17, 15) is 4.79 Å². The molecule has 1 heterocycles. The Morgan fingerprint density at radius 3 is 2.94 bits per heavy atom. The molecule has 0 saturated carbocycles. The van der Waals surface area contributed by atoms with Gasteiger partial charge < -0.3 is 19.9 Å². The van der Waals surface area contributed by atoms with Crippen molar-refractivity contribution in [3.05, 3.63) is 0 Å². The van der Waals surface area contributed by atoms with Crippen LogP contribution in [-0.2, 0) is 14.3 Å². The van der Waals surface area contributed by atoms with E-state index in [2.05, 4.69) is 5.32 Å². The first-order valence-electron chi connectivity index (χ1n) is 5.84. The number of carboxylic acids is 1. The molecule has 0 radical (unpaired) electrons. The topological polar surface area (TPSA) is 67.8 Å². The van der Waals surface area contributed by atoms with Crippen molar-refractivity contribution in [1.82, 2.24) is 5.32 Å². The number of hydrogen-bond donors (Lipinski definition) is 2. The average Bonchev–Trinajstić information content (AvgIpc) is 2.24. The van der Waals surface area contributed by atoms with E-state index in [1.165, 1.54) is 0 Å². The van der Waals surface area contributed by atoms with E-state index >= 15 is 0 Å². The molecule has 1 aliphatic rings. The van der Waals surface area contributed by atoms with Gasteiger partial charge in [-0.15, -0.1) is 0 Å². The molecule has 16 heavy (non-hydrogen) atoms. The number of carbonyl (C=O) groups is 1. The van der Waals surface area contributed by atoms with Crippen LogP contribution in [-0.4, -0.2) is 49.1 Å². The Balaban J connectivity index is 2.28. The molecule has 1 fully saturated rings. The van der Waals surface area contributed by atoms with Crippen LogP contribution in [0.5, 0.6) is 0 Å². The molecule has 0 amide bonds. The number of carboxylic acid groups (broad SMARTS) is 1. The van der Waals surface area contributed by atoms with E-state index in [-0.39, 0.29) is 12.2 Å². The summed E-state index contributed by atoms with van der Waals surface area (Å²) in [6.07, 6.45) is 0.771. The van der Waals surface area contributed by atoms with Crippen molar-refractivity contribution in [1.29, 1.82) is 0 Å². The van der Waals surface area contributed by atoms with Gasteiger partial charge in [0.05, 0.1) is 18.8 Å². The van der Waals surface area contributed by atoms with Gasteiger partial charge in [0.2, 0.25) is 0 Å². The van der Waals surface area contributed by atoms with Gasteiger partial charge in [-0.3, -0.25) is 0 Å². The maximum Gasteiger partial charge on any atom is 0.332 e. The van der Waals surface area contributed by atoms with E-state index in [1.807, 2.05) is 13.8 Å². The van der Waals surface area contributed by atoms with Gasteiger partial charge in [-0.1, -0.05) is 13.3 Å². The van der Waals surface area contributed by atoms with Crippen LogP contribution in [0.3, 0.4) is 0 Å². The molecular weight excluding hydrogens is 210 g/mol. The van der Waals surface area contributed by atoms with Gasteiger partial charge in [0.1, 0.15) is 0 Å². The molecule has 5 heteroatoms. The predicted molar refractivity (Wildman–Crippen MR) is 59.5 cm³/mol. The third-order valence-electron chi connectivity index (χ3n) is 2.54. The third-order valence-corrected chi connectivity index (χ3v) is 2.54. The Bertz CT molecular complexity index is 222. The first-order valence-corrected chi connectivity index (χ1v) is 5.84. The molecule has 0 aromatic carbocycles. The summed E-state index contributed by atoms with van der Waals surface area (Å²) in [5, 5.41) is 12.1. The van der Waals surface area contributed by atoms with Gasteiger partial charge in [0.15, 0.2) is 6.10 Å². The fourth-order valence-electron chi connectivity index (χ4n) is 1.73. The maximum absolute atomic E-state index is 10.8. The highest BCUT2D eigenvalue weighted by atomic mass is 16.6. The predicted octanol–water partition coefficient (Wildman–Crippen LogP) is 0.633. The average molecular weight is 231 g/mol. The minimum absolute atomic E-state index is 0.0394. The minimum atomic E-state index is -0.890. The van der Waals surface area contributed by atoms with Gasteiger partial charge in [0, 0.05) is 13.1 Å². The van der Waals surface area contributed by atoms with Gasteiger partial charge in [-0.05, 0) is 13.3 Å². The van der Waals surface area contributed by atoms with Gasteiger partial charge in [-0.25, -0.2) is 4.79 Å². The highest BCUT2D eigenvalue weighted by Crippen LogP contribution is 2.08. The zero-order chi connectivity index (χ0) is 12.0. The summed E-state index contributed by atoms with van der Waals surface area (Å²) in [5.74, 6) is -0.890. The summed E-state index contributed by atoms with van der Waals surface area (Å²) in [6.45, 7) is 5.84. The molecule has 0 aromatic heterocycles. The zero-order valence-electron chi connectivity index (χ0n) is 9.94. The Morgan fingerprint density at radius 2 is 2.38 bits per heavy atom. The van der Waals surface area contributed by atoms with Crippen LogP contribution >= 0.6 is 0 Å².